The number of Topliss-reactive ketones (excluding diaryl/α,β-unsaturated/α-hetero) is 1. The summed E-state index contributed by atoms with van der Waals surface area (Å²) < 4.78 is 1.40. The second-order valence-electron chi connectivity index (χ2n) is 4.27. The Morgan fingerprint density at radius 2 is 2.10 bits per heavy atom. The molecular weight excluding hydrogens is 299 g/mol. The van der Waals surface area contributed by atoms with Gasteiger partial charge in [-0.25, -0.2) is 9.67 Å². The van der Waals surface area contributed by atoms with Crippen LogP contribution in [0.5, 0.6) is 0 Å². The summed E-state index contributed by atoms with van der Waals surface area (Å²) >= 11 is 11.9. The summed E-state index contributed by atoms with van der Waals surface area (Å²) in [7, 11) is 3.63. The van der Waals surface area contributed by atoms with E-state index in [2.05, 4.69) is 10.1 Å². The summed E-state index contributed by atoms with van der Waals surface area (Å²) in [5.41, 5.74) is 0.705. The van der Waals surface area contributed by atoms with Crippen LogP contribution in [0.15, 0.2) is 37.1 Å². The third kappa shape index (κ3) is 3.18. The lowest BCUT2D eigenvalue weighted by Gasteiger charge is -2.12. The van der Waals surface area contributed by atoms with Crippen LogP contribution in [-0.2, 0) is 0 Å². The molecule has 0 N–H and O–H groups in total. The van der Waals surface area contributed by atoms with Gasteiger partial charge in [0.1, 0.15) is 18.4 Å². The van der Waals surface area contributed by atoms with E-state index in [1.54, 1.807) is 23.2 Å². The predicted octanol–water partition coefficient (Wildman–Crippen LogP) is 2.83. The van der Waals surface area contributed by atoms with Crippen molar-refractivity contribution in [3.63, 3.8) is 0 Å². The Morgan fingerprint density at radius 3 is 2.65 bits per heavy atom. The van der Waals surface area contributed by atoms with Crippen molar-refractivity contribution >= 4 is 34.7 Å². The molecule has 0 amide bonds. The van der Waals surface area contributed by atoms with Crippen molar-refractivity contribution in [2.45, 2.75) is 0 Å². The lowest BCUT2D eigenvalue weighted by atomic mass is 10.1. The molecule has 1 aromatic heterocycles. The third-order valence-electron chi connectivity index (χ3n) is 2.45. The summed E-state index contributed by atoms with van der Waals surface area (Å²) in [6.45, 7) is 0. The molecule has 1 aromatic carbocycles. The molecule has 5 nitrogen and oxygen atoms in total. The molecule has 0 aliphatic carbocycles. The molecule has 0 spiro atoms. The van der Waals surface area contributed by atoms with Gasteiger partial charge < -0.3 is 4.90 Å². The summed E-state index contributed by atoms with van der Waals surface area (Å²) in [5, 5.41) is 4.76. The topological polar surface area (TPSA) is 51.0 Å². The molecule has 7 heteroatoms. The Hall–Kier alpha value is -1.85. The van der Waals surface area contributed by atoms with Gasteiger partial charge >= 0.3 is 0 Å². The highest BCUT2D eigenvalue weighted by molar-refractivity contribution is 6.39. The van der Waals surface area contributed by atoms with E-state index < -0.39 is 0 Å². The highest BCUT2D eigenvalue weighted by atomic mass is 35.5. The van der Waals surface area contributed by atoms with Crippen LogP contribution < -0.4 is 0 Å². The molecule has 0 atom stereocenters. The lowest BCUT2D eigenvalue weighted by Crippen LogP contribution is -2.14. The zero-order valence-electron chi connectivity index (χ0n) is 10.9. The van der Waals surface area contributed by atoms with Crippen molar-refractivity contribution in [2.75, 3.05) is 14.1 Å². The highest BCUT2D eigenvalue weighted by Gasteiger charge is 2.18. The van der Waals surface area contributed by atoms with Crippen LogP contribution in [0.1, 0.15) is 10.4 Å². The van der Waals surface area contributed by atoms with Gasteiger partial charge in [0.2, 0.25) is 5.78 Å². The molecule has 0 bridgehead atoms. The number of halogens is 2. The molecule has 0 radical (unpaired) electrons. The maximum atomic E-state index is 12.6. The van der Waals surface area contributed by atoms with Crippen LogP contribution in [-0.4, -0.2) is 39.5 Å². The third-order valence-corrected chi connectivity index (χ3v) is 3.00. The summed E-state index contributed by atoms with van der Waals surface area (Å²) in [6.07, 6.45) is 4.47. The zero-order chi connectivity index (χ0) is 14.7. The minimum atomic E-state index is -0.258. The summed E-state index contributed by atoms with van der Waals surface area (Å²) in [6, 6.07) is 4.74. The van der Waals surface area contributed by atoms with Gasteiger partial charge in [-0.3, -0.25) is 4.79 Å². The molecule has 0 saturated heterocycles. The largest absolute Gasteiger partial charge is 0.382 e. The first kappa shape index (κ1) is 14.6. The molecular formula is C13H12Cl2N4O. The lowest BCUT2D eigenvalue weighted by molar-refractivity contribution is 0.104. The molecule has 2 aromatic rings. The number of aromatic nitrogens is 3. The Kier molecular flexibility index (Phi) is 4.42. The maximum absolute atomic E-state index is 12.6. The predicted molar refractivity (Wildman–Crippen MR) is 78.8 cm³/mol. The SMILES string of the molecule is CN(C)C=C(C(=O)c1ccc(Cl)cc1Cl)n1cncn1. The van der Waals surface area contributed by atoms with Gasteiger partial charge in [-0.2, -0.15) is 5.10 Å². The van der Waals surface area contributed by atoms with Gasteiger partial charge in [-0.05, 0) is 18.2 Å². The first-order valence-corrected chi connectivity index (χ1v) is 6.47. The fourth-order valence-corrected chi connectivity index (χ4v) is 2.10. The maximum Gasteiger partial charge on any atom is 0.214 e. The molecule has 104 valence electrons. The smallest absolute Gasteiger partial charge is 0.214 e. The van der Waals surface area contributed by atoms with E-state index in [1.165, 1.54) is 23.4 Å². The van der Waals surface area contributed by atoms with Crippen molar-refractivity contribution in [3.05, 3.63) is 52.7 Å². The quantitative estimate of drug-likeness (QED) is 0.643. The van der Waals surface area contributed by atoms with E-state index in [0.29, 0.717) is 21.3 Å². The van der Waals surface area contributed by atoms with Gasteiger partial charge in [0.05, 0.1) is 5.02 Å². The van der Waals surface area contributed by atoms with Crippen LogP contribution in [0.4, 0.5) is 0 Å². The summed E-state index contributed by atoms with van der Waals surface area (Å²) in [5.74, 6) is -0.258. The van der Waals surface area contributed by atoms with Gasteiger partial charge in [0.15, 0.2) is 0 Å². The summed E-state index contributed by atoms with van der Waals surface area (Å²) in [4.78, 5) is 18.2. The standard InChI is InChI=1S/C13H12Cl2N4O/c1-18(2)6-12(19-8-16-7-17-19)13(20)10-4-3-9(14)5-11(10)15/h3-8H,1-2H3. The van der Waals surface area contributed by atoms with E-state index >= 15 is 0 Å². The van der Waals surface area contributed by atoms with Crippen molar-refractivity contribution in [1.82, 2.24) is 19.7 Å². The number of benzene rings is 1. The van der Waals surface area contributed by atoms with Crippen LogP contribution in [0.25, 0.3) is 5.70 Å². The number of allylic oxidation sites excluding steroid dienone is 1. The molecule has 1 heterocycles. The van der Waals surface area contributed by atoms with Crippen molar-refractivity contribution < 1.29 is 4.79 Å². The van der Waals surface area contributed by atoms with Gasteiger partial charge in [-0.1, -0.05) is 23.2 Å². The normalized spacial score (nSPS) is 11.5. The van der Waals surface area contributed by atoms with Crippen molar-refractivity contribution in [3.8, 4) is 0 Å². The number of rotatable bonds is 4. The number of carbonyl (C=O) groups excluding carboxylic acids is 1. The average Bonchev–Trinajstić information content (AvgIpc) is 2.88. The molecule has 0 aliphatic rings. The van der Waals surface area contributed by atoms with Gasteiger partial charge in [0, 0.05) is 30.9 Å². The van der Waals surface area contributed by atoms with E-state index in [1.807, 2.05) is 14.1 Å². The minimum absolute atomic E-state index is 0.258. The van der Waals surface area contributed by atoms with Gasteiger partial charge in [-0.15, -0.1) is 0 Å². The van der Waals surface area contributed by atoms with E-state index in [0.717, 1.165) is 0 Å². The monoisotopic (exact) mass is 310 g/mol. The second kappa shape index (κ2) is 6.07. The molecule has 20 heavy (non-hydrogen) atoms. The van der Waals surface area contributed by atoms with Crippen LogP contribution >= 0.6 is 23.2 Å². The average molecular weight is 311 g/mol. The van der Waals surface area contributed by atoms with E-state index in [-0.39, 0.29) is 5.78 Å². The Bertz CT molecular complexity index is 650. The zero-order valence-corrected chi connectivity index (χ0v) is 12.4. The Morgan fingerprint density at radius 1 is 1.35 bits per heavy atom. The highest BCUT2D eigenvalue weighted by Crippen LogP contribution is 2.24. The van der Waals surface area contributed by atoms with Crippen LogP contribution in [0, 0.1) is 0 Å². The van der Waals surface area contributed by atoms with Crippen LogP contribution in [0.3, 0.4) is 0 Å². The minimum Gasteiger partial charge on any atom is -0.382 e. The number of carbonyl (C=O) groups is 1. The van der Waals surface area contributed by atoms with Crippen molar-refractivity contribution in [1.29, 1.82) is 0 Å². The Labute approximate surface area is 126 Å². The number of ketones is 1. The molecule has 0 unspecified atom stereocenters. The first-order chi connectivity index (χ1) is 9.49. The molecule has 0 fully saturated rings. The van der Waals surface area contributed by atoms with Crippen LogP contribution in [0.2, 0.25) is 10.0 Å². The van der Waals surface area contributed by atoms with Crippen molar-refractivity contribution in [2.24, 2.45) is 0 Å². The Balaban J connectivity index is 2.47. The number of nitrogens with zero attached hydrogens (tertiary/aromatic N) is 4. The number of hydrogen-bond donors (Lipinski definition) is 0. The fraction of sp³-hybridized carbons (Fsp3) is 0.154. The van der Waals surface area contributed by atoms with Gasteiger partial charge in [0.25, 0.3) is 0 Å². The van der Waals surface area contributed by atoms with E-state index in [4.69, 9.17) is 23.2 Å². The van der Waals surface area contributed by atoms with E-state index in [9.17, 15) is 4.79 Å². The molecule has 0 aliphatic heterocycles. The second-order valence-corrected chi connectivity index (χ2v) is 5.11. The molecule has 2 rings (SSSR count). The molecule has 0 saturated carbocycles. The fourth-order valence-electron chi connectivity index (χ4n) is 1.61. The first-order valence-electron chi connectivity index (χ1n) is 5.72. The number of hydrogen-bond acceptors (Lipinski definition) is 4.